The summed E-state index contributed by atoms with van der Waals surface area (Å²) < 4.78 is 0.781. The standard InChI is InChI=1S/C15H24N2O2.ClH/c1-5-17(6-2,7-3)11-15(19)16-13-9-8-12(4)14(18)10-13;/h8-10H,5-7,11H2,1-4H3,(H-,16,18,19);1H. The van der Waals surface area contributed by atoms with Crippen molar-refractivity contribution in [2.24, 2.45) is 0 Å². The number of phenolic OH excluding ortho intramolecular Hbond substituents is 1. The van der Waals surface area contributed by atoms with Gasteiger partial charge < -0.3 is 27.3 Å². The van der Waals surface area contributed by atoms with Crippen LogP contribution in [0.2, 0.25) is 0 Å². The number of carbonyl (C=O) groups excluding carboxylic acids is 1. The van der Waals surface area contributed by atoms with Gasteiger partial charge in [-0.05, 0) is 39.3 Å². The highest BCUT2D eigenvalue weighted by Crippen LogP contribution is 2.20. The molecule has 0 atom stereocenters. The number of amides is 1. The fourth-order valence-corrected chi connectivity index (χ4v) is 2.20. The molecule has 0 aromatic heterocycles. The minimum atomic E-state index is -0.00574. The second kappa shape index (κ2) is 8.12. The van der Waals surface area contributed by atoms with E-state index in [0.29, 0.717) is 12.2 Å². The van der Waals surface area contributed by atoms with E-state index in [0.717, 1.165) is 29.7 Å². The molecule has 0 aliphatic carbocycles. The van der Waals surface area contributed by atoms with E-state index in [9.17, 15) is 9.90 Å². The normalized spacial score (nSPS) is 10.8. The Bertz CT molecular complexity index is 437. The number of halogens is 1. The molecule has 0 radical (unpaired) electrons. The summed E-state index contributed by atoms with van der Waals surface area (Å²) in [6, 6.07) is 5.20. The van der Waals surface area contributed by atoms with Gasteiger partial charge in [-0.1, -0.05) is 6.07 Å². The first-order valence-electron chi connectivity index (χ1n) is 6.91. The van der Waals surface area contributed by atoms with E-state index < -0.39 is 0 Å². The number of rotatable bonds is 6. The van der Waals surface area contributed by atoms with E-state index >= 15 is 0 Å². The van der Waals surface area contributed by atoms with Gasteiger partial charge in [-0.25, -0.2) is 0 Å². The fraction of sp³-hybridized carbons (Fsp3) is 0.533. The topological polar surface area (TPSA) is 49.3 Å². The summed E-state index contributed by atoms with van der Waals surface area (Å²) in [5.74, 6) is 0.203. The van der Waals surface area contributed by atoms with E-state index in [1.54, 1.807) is 12.1 Å². The Morgan fingerprint density at radius 1 is 1.20 bits per heavy atom. The molecule has 2 N–H and O–H groups in total. The fourth-order valence-electron chi connectivity index (χ4n) is 2.20. The zero-order chi connectivity index (χ0) is 14.5. The number of likely N-dealkylation sites (N-methyl/N-ethyl adjacent to an activating group) is 1. The van der Waals surface area contributed by atoms with E-state index in [2.05, 4.69) is 26.1 Å². The number of anilines is 1. The number of nitrogens with zero attached hydrogens (tertiary/aromatic N) is 1. The van der Waals surface area contributed by atoms with Gasteiger partial charge in [0.05, 0.1) is 19.6 Å². The van der Waals surface area contributed by atoms with Crippen molar-refractivity contribution in [1.82, 2.24) is 0 Å². The molecule has 1 aromatic rings. The monoisotopic (exact) mass is 300 g/mol. The Kier molecular flexibility index (Phi) is 7.61. The molecule has 0 heterocycles. The molecular weight excluding hydrogens is 276 g/mol. The summed E-state index contributed by atoms with van der Waals surface area (Å²) in [6.45, 7) is 11.5. The largest absolute Gasteiger partial charge is 1.00 e. The lowest BCUT2D eigenvalue weighted by molar-refractivity contribution is -0.915. The Balaban J connectivity index is 0.00000361. The SMILES string of the molecule is CC[N+](CC)(CC)CC(=O)Nc1ccc(C)c(O)c1.[Cl-]. The van der Waals surface area contributed by atoms with Crippen LogP contribution in [0.5, 0.6) is 5.75 Å². The molecule has 0 spiro atoms. The number of hydrogen-bond acceptors (Lipinski definition) is 2. The molecule has 0 fully saturated rings. The number of hydrogen-bond donors (Lipinski definition) is 2. The summed E-state index contributed by atoms with van der Waals surface area (Å²) in [5.41, 5.74) is 1.45. The lowest BCUT2D eigenvalue weighted by Gasteiger charge is -2.34. The predicted octanol–water partition coefficient (Wildman–Crippen LogP) is -0.480. The van der Waals surface area contributed by atoms with Crippen molar-refractivity contribution >= 4 is 11.6 Å². The van der Waals surface area contributed by atoms with Crippen LogP contribution in [0.3, 0.4) is 0 Å². The Hall–Kier alpha value is -1.26. The number of benzene rings is 1. The number of aromatic hydroxyl groups is 1. The van der Waals surface area contributed by atoms with Crippen LogP contribution in [0.25, 0.3) is 0 Å². The van der Waals surface area contributed by atoms with Crippen LogP contribution in [0.1, 0.15) is 26.3 Å². The lowest BCUT2D eigenvalue weighted by atomic mass is 10.2. The number of nitrogens with one attached hydrogen (secondary N) is 1. The summed E-state index contributed by atoms with van der Waals surface area (Å²) in [4.78, 5) is 12.1. The van der Waals surface area contributed by atoms with Crippen molar-refractivity contribution in [3.05, 3.63) is 23.8 Å². The average Bonchev–Trinajstić information content (AvgIpc) is 2.40. The quantitative estimate of drug-likeness (QED) is 0.697. The number of phenols is 1. The van der Waals surface area contributed by atoms with E-state index in [1.165, 1.54) is 0 Å². The molecular formula is C15H25ClN2O2. The van der Waals surface area contributed by atoms with Crippen molar-refractivity contribution < 1.29 is 26.8 Å². The first-order valence-corrected chi connectivity index (χ1v) is 6.91. The summed E-state index contributed by atoms with van der Waals surface area (Å²) in [5, 5.41) is 12.5. The molecule has 1 amide bonds. The smallest absolute Gasteiger partial charge is 0.279 e. The first kappa shape index (κ1) is 18.7. The highest BCUT2D eigenvalue weighted by Gasteiger charge is 2.24. The predicted molar refractivity (Wildman–Crippen MR) is 78.2 cm³/mol. The van der Waals surface area contributed by atoms with Gasteiger partial charge in [-0.15, -0.1) is 0 Å². The maximum Gasteiger partial charge on any atom is 0.279 e. The van der Waals surface area contributed by atoms with Crippen molar-refractivity contribution in [2.75, 3.05) is 31.5 Å². The third-order valence-electron chi connectivity index (χ3n) is 3.98. The lowest BCUT2D eigenvalue weighted by Crippen LogP contribution is -3.00. The number of quaternary nitrogens is 1. The van der Waals surface area contributed by atoms with Crippen molar-refractivity contribution in [2.45, 2.75) is 27.7 Å². The minimum absolute atomic E-state index is 0. The van der Waals surface area contributed by atoms with Crippen LogP contribution in [0.15, 0.2) is 18.2 Å². The molecule has 114 valence electrons. The Labute approximate surface area is 127 Å². The van der Waals surface area contributed by atoms with E-state index in [-0.39, 0.29) is 24.1 Å². The van der Waals surface area contributed by atoms with Gasteiger partial charge in [0.25, 0.3) is 5.91 Å². The highest BCUT2D eigenvalue weighted by molar-refractivity contribution is 5.91. The summed E-state index contributed by atoms with van der Waals surface area (Å²) >= 11 is 0. The maximum atomic E-state index is 12.1. The van der Waals surface area contributed by atoms with Gasteiger partial charge in [0, 0.05) is 11.8 Å². The molecule has 1 rings (SSSR count). The van der Waals surface area contributed by atoms with E-state index in [1.807, 2.05) is 13.0 Å². The van der Waals surface area contributed by atoms with Crippen molar-refractivity contribution in [3.8, 4) is 5.75 Å². The maximum absolute atomic E-state index is 12.1. The second-order valence-corrected chi connectivity index (χ2v) is 5.00. The van der Waals surface area contributed by atoms with Crippen molar-refractivity contribution in [3.63, 3.8) is 0 Å². The van der Waals surface area contributed by atoms with Gasteiger partial charge in [-0.3, -0.25) is 4.79 Å². The molecule has 5 heteroatoms. The first-order chi connectivity index (χ1) is 8.96. The Morgan fingerprint density at radius 2 is 1.75 bits per heavy atom. The molecule has 20 heavy (non-hydrogen) atoms. The van der Waals surface area contributed by atoms with Crippen LogP contribution >= 0.6 is 0 Å². The van der Waals surface area contributed by atoms with Crippen molar-refractivity contribution in [1.29, 1.82) is 0 Å². The van der Waals surface area contributed by atoms with Gasteiger partial charge in [0.2, 0.25) is 0 Å². The number of aryl methyl sites for hydroxylation is 1. The number of carbonyl (C=O) groups is 1. The molecule has 0 bridgehead atoms. The molecule has 0 unspecified atom stereocenters. The Morgan fingerprint density at radius 3 is 2.20 bits per heavy atom. The minimum Gasteiger partial charge on any atom is -1.00 e. The average molecular weight is 301 g/mol. The van der Waals surface area contributed by atoms with Gasteiger partial charge in [-0.2, -0.15) is 0 Å². The van der Waals surface area contributed by atoms with Crippen LogP contribution in [-0.2, 0) is 4.79 Å². The highest BCUT2D eigenvalue weighted by atomic mass is 35.5. The van der Waals surface area contributed by atoms with Crippen LogP contribution < -0.4 is 17.7 Å². The molecule has 4 nitrogen and oxygen atoms in total. The van der Waals surface area contributed by atoms with Crippen LogP contribution in [-0.4, -0.2) is 41.7 Å². The van der Waals surface area contributed by atoms with E-state index in [4.69, 9.17) is 0 Å². The molecule has 0 saturated carbocycles. The summed E-state index contributed by atoms with van der Waals surface area (Å²) in [6.07, 6.45) is 0. The zero-order valence-corrected chi connectivity index (χ0v) is 13.5. The van der Waals surface area contributed by atoms with Gasteiger partial charge in [0.1, 0.15) is 5.75 Å². The third kappa shape index (κ3) is 4.69. The molecule has 0 aliphatic rings. The second-order valence-electron chi connectivity index (χ2n) is 5.00. The van der Waals surface area contributed by atoms with Crippen LogP contribution in [0, 0.1) is 6.92 Å². The summed E-state index contributed by atoms with van der Waals surface area (Å²) in [7, 11) is 0. The zero-order valence-electron chi connectivity index (χ0n) is 12.7. The van der Waals surface area contributed by atoms with Gasteiger partial charge >= 0.3 is 0 Å². The van der Waals surface area contributed by atoms with Crippen LogP contribution in [0.4, 0.5) is 5.69 Å². The third-order valence-corrected chi connectivity index (χ3v) is 3.98. The molecule has 1 aromatic carbocycles. The molecule has 0 aliphatic heterocycles. The molecule has 0 saturated heterocycles. The van der Waals surface area contributed by atoms with Gasteiger partial charge in [0.15, 0.2) is 6.54 Å².